The summed E-state index contributed by atoms with van der Waals surface area (Å²) in [6, 6.07) is 3.85. The summed E-state index contributed by atoms with van der Waals surface area (Å²) >= 11 is 0. The van der Waals surface area contributed by atoms with Crippen LogP contribution >= 0.6 is 0 Å². The van der Waals surface area contributed by atoms with Crippen molar-refractivity contribution in [1.29, 1.82) is 0 Å². The Kier molecular flexibility index (Phi) is 14.9. The first kappa shape index (κ1) is 19.3. The molecular weight excluding hydrogens is 224 g/mol. The first-order valence-electron chi connectivity index (χ1n) is 6.96. The van der Waals surface area contributed by atoms with Crippen molar-refractivity contribution in [3.05, 3.63) is 24.0 Å². The zero-order valence-electron chi connectivity index (χ0n) is 13.1. The van der Waals surface area contributed by atoms with Crippen molar-refractivity contribution in [3.63, 3.8) is 0 Å². The van der Waals surface area contributed by atoms with Crippen molar-refractivity contribution in [1.82, 2.24) is 10.3 Å². The number of rotatable bonds is 5. The number of pyridine rings is 1. The topological polar surface area (TPSA) is 34.1 Å². The summed E-state index contributed by atoms with van der Waals surface area (Å²) in [5, 5.41) is 3.10. The van der Waals surface area contributed by atoms with Crippen LogP contribution < -0.4 is 10.1 Å². The smallest absolute Gasteiger partial charge is 0.123 e. The quantitative estimate of drug-likeness (QED) is 0.867. The second-order valence-corrected chi connectivity index (χ2v) is 3.45. The van der Waals surface area contributed by atoms with Gasteiger partial charge in [0, 0.05) is 18.0 Å². The van der Waals surface area contributed by atoms with Crippen LogP contribution in [0.5, 0.6) is 5.75 Å². The third-order valence-corrected chi connectivity index (χ3v) is 2.01. The summed E-state index contributed by atoms with van der Waals surface area (Å²) in [6.07, 6.45) is 3.03. The molecule has 0 aliphatic rings. The highest BCUT2D eigenvalue weighted by Crippen LogP contribution is 2.13. The molecule has 0 amide bonds. The number of hydrogen-bond donors (Lipinski definition) is 1. The van der Waals surface area contributed by atoms with E-state index >= 15 is 0 Å². The van der Waals surface area contributed by atoms with Gasteiger partial charge in [-0.05, 0) is 39.9 Å². The normalized spacial score (nSPS) is 10.4. The van der Waals surface area contributed by atoms with Crippen molar-refractivity contribution in [2.45, 2.75) is 54.1 Å². The van der Waals surface area contributed by atoms with Crippen LogP contribution in [-0.4, -0.2) is 24.7 Å². The first-order chi connectivity index (χ1) is 8.72. The standard InChI is InChI=1S/C11H18N2O.2C2H6/c1-9-8-11(5-7-13-9)14-10(2)4-6-12-3;2*1-2/h5,7-8,10,12H,4,6H2,1-3H3;2*1-2H3. The molecule has 0 fully saturated rings. The lowest BCUT2D eigenvalue weighted by molar-refractivity contribution is 0.210. The Morgan fingerprint density at radius 3 is 2.39 bits per heavy atom. The fourth-order valence-electron chi connectivity index (χ4n) is 1.23. The van der Waals surface area contributed by atoms with Crippen LogP contribution in [0, 0.1) is 6.92 Å². The average Bonchev–Trinajstić information content (AvgIpc) is 2.41. The zero-order chi connectivity index (χ0) is 14.4. The van der Waals surface area contributed by atoms with Crippen molar-refractivity contribution in [3.8, 4) is 5.75 Å². The van der Waals surface area contributed by atoms with E-state index in [2.05, 4.69) is 17.2 Å². The van der Waals surface area contributed by atoms with Gasteiger partial charge in [-0.1, -0.05) is 27.7 Å². The molecule has 106 valence electrons. The van der Waals surface area contributed by atoms with Gasteiger partial charge in [0.2, 0.25) is 0 Å². The number of hydrogen-bond acceptors (Lipinski definition) is 3. The molecular formula is C15H30N2O. The van der Waals surface area contributed by atoms with Gasteiger partial charge in [0.05, 0.1) is 6.10 Å². The van der Waals surface area contributed by atoms with Gasteiger partial charge in [-0.3, -0.25) is 4.98 Å². The third-order valence-electron chi connectivity index (χ3n) is 2.01. The molecule has 1 atom stereocenters. The van der Waals surface area contributed by atoms with Gasteiger partial charge >= 0.3 is 0 Å². The summed E-state index contributed by atoms with van der Waals surface area (Å²) in [7, 11) is 1.95. The molecule has 0 saturated heterocycles. The predicted octanol–water partition coefficient (Wildman–Crippen LogP) is 3.82. The summed E-state index contributed by atoms with van der Waals surface area (Å²) < 4.78 is 5.72. The largest absolute Gasteiger partial charge is 0.491 e. The fraction of sp³-hybridized carbons (Fsp3) is 0.667. The average molecular weight is 254 g/mol. The Labute approximate surface area is 113 Å². The second kappa shape index (κ2) is 14.0. The van der Waals surface area contributed by atoms with Crippen LogP contribution in [0.2, 0.25) is 0 Å². The van der Waals surface area contributed by atoms with Gasteiger partial charge in [0.1, 0.15) is 5.75 Å². The minimum Gasteiger partial charge on any atom is -0.491 e. The Morgan fingerprint density at radius 1 is 1.28 bits per heavy atom. The maximum Gasteiger partial charge on any atom is 0.123 e. The molecule has 0 aliphatic carbocycles. The molecule has 0 aliphatic heterocycles. The molecule has 1 unspecified atom stereocenters. The molecule has 0 radical (unpaired) electrons. The summed E-state index contributed by atoms with van der Waals surface area (Å²) in [6.45, 7) is 13.0. The highest BCUT2D eigenvalue weighted by Gasteiger charge is 2.02. The highest BCUT2D eigenvalue weighted by molar-refractivity contribution is 5.21. The van der Waals surface area contributed by atoms with Crippen molar-refractivity contribution >= 4 is 0 Å². The molecule has 18 heavy (non-hydrogen) atoms. The van der Waals surface area contributed by atoms with Crippen LogP contribution in [0.3, 0.4) is 0 Å². The SMILES string of the molecule is CC.CC.CNCCC(C)Oc1ccnc(C)c1. The van der Waals surface area contributed by atoms with E-state index in [-0.39, 0.29) is 6.10 Å². The molecule has 0 aromatic carbocycles. The van der Waals surface area contributed by atoms with E-state index in [1.165, 1.54) is 0 Å². The van der Waals surface area contributed by atoms with E-state index in [1.807, 2.05) is 53.8 Å². The van der Waals surface area contributed by atoms with E-state index in [0.29, 0.717) is 0 Å². The number of nitrogens with one attached hydrogen (secondary N) is 1. The Morgan fingerprint density at radius 2 is 1.89 bits per heavy atom. The maximum absolute atomic E-state index is 5.72. The van der Waals surface area contributed by atoms with Crippen LogP contribution in [0.25, 0.3) is 0 Å². The third kappa shape index (κ3) is 10.1. The molecule has 1 aromatic heterocycles. The Hall–Kier alpha value is -1.09. The van der Waals surface area contributed by atoms with Gasteiger partial charge < -0.3 is 10.1 Å². The second-order valence-electron chi connectivity index (χ2n) is 3.45. The van der Waals surface area contributed by atoms with E-state index < -0.39 is 0 Å². The molecule has 1 aromatic rings. The van der Waals surface area contributed by atoms with Crippen molar-refractivity contribution in [2.24, 2.45) is 0 Å². The maximum atomic E-state index is 5.72. The van der Waals surface area contributed by atoms with Gasteiger partial charge in [-0.15, -0.1) is 0 Å². The molecule has 0 spiro atoms. The minimum absolute atomic E-state index is 0.240. The van der Waals surface area contributed by atoms with E-state index in [4.69, 9.17) is 4.74 Å². The Balaban J connectivity index is 0. The van der Waals surface area contributed by atoms with E-state index in [1.54, 1.807) is 6.20 Å². The van der Waals surface area contributed by atoms with E-state index in [0.717, 1.165) is 24.4 Å². The minimum atomic E-state index is 0.240. The summed E-state index contributed by atoms with van der Waals surface area (Å²) in [5.74, 6) is 0.904. The van der Waals surface area contributed by atoms with Crippen LogP contribution in [0.1, 0.15) is 46.7 Å². The van der Waals surface area contributed by atoms with Crippen LogP contribution in [-0.2, 0) is 0 Å². The van der Waals surface area contributed by atoms with Gasteiger partial charge in [0.15, 0.2) is 0 Å². The van der Waals surface area contributed by atoms with Gasteiger partial charge in [0.25, 0.3) is 0 Å². The molecule has 1 heterocycles. The van der Waals surface area contributed by atoms with Crippen LogP contribution in [0.15, 0.2) is 18.3 Å². The molecule has 1 N–H and O–H groups in total. The zero-order valence-corrected chi connectivity index (χ0v) is 13.1. The van der Waals surface area contributed by atoms with E-state index in [9.17, 15) is 0 Å². The van der Waals surface area contributed by atoms with Crippen molar-refractivity contribution in [2.75, 3.05) is 13.6 Å². The number of aromatic nitrogens is 1. The molecule has 1 rings (SSSR count). The molecule has 3 nitrogen and oxygen atoms in total. The highest BCUT2D eigenvalue weighted by atomic mass is 16.5. The van der Waals surface area contributed by atoms with Crippen molar-refractivity contribution < 1.29 is 4.74 Å². The Bertz CT molecular complexity index is 277. The van der Waals surface area contributed by atoms with Gasteiger partial charge in [-0.25, -0.2) is 0 Å². The van der Waals surface area contributed by atoms with Crippen LogP contribution in [0.4, 0.5) is 0 Å². The number of nitrogens with zero attached hydrogens (tertiary/aromatic N) is 1. The number of aryl methyl sites for hydroxylation is 1. The molecule has 0 saturated carbocycles. The monoisotopic (exact) mass is 254 g/mol. The summed E-state index contributed by atoms with van der Waals surface area (Å²) in [5.41, 5.74) is 0.989. The summed E-state index contributed by atoms with van der Waals surface area (Å²) in [4.78, 5) is 4.12. The molecule has 3 heteroatoms. The fourth-order valence-corrected chi connectivity index (χ4v) is 1.23. The lowest BCUT2D eigenvalue weighted by atomic mass is 10.3. The molecule has 0 bridgehead atoms. The predicted molar refractivity (Wildman–Crippen MR) is 80.3 cm³/mol. The van der Waals surface area contributed by atoms with Gasteiger partial charge in [-0.2, -0.15) is 0 Å². The number of ether oxygens (including phenoxy) is 1. The lowest BCUT2D eigenvalue weighted by Crippen LogP contribution is -2.19. The lowest BCUT2D eigenvalue weighted by Gasteiger charge is -2.14. The first-order valence-corrected chi connectivity index (χ1v) is 6.96.